The summed E-state index contributed by atoms with van der Waals surface area (Å²) in [5, 5.41) is 0. The Labute approximate surface area is 118 Å². The van der Waals surface area contributed by atoms with Gasteiger partial charge in [-0.2, -0.15) is 0 Å². The number of epoxide rings is 1. The number of likely N-dealkylation sites (tertiary alicyclic amines) is 1. The molecule has 3 rings (SSSR count). The highest BCUT2D eigenvalue weighted by atomic mass is 16.6. The van der Waals surface area contributed by atoms with Crippen molar-refractivity contribution in [1.29, 1.82) is 0 Å². The van der Waals surface area contributed by atoms with Crippen LogP contribution in [0.1, 0.15) is 26.5 Å². The molecule has 1 unspecified atom stereocenters. The van der Waals surface area contributed by atoms with Crippen LogP contribution in [-0.2, 0) is 14.9 Å². The van der Waals surface area contributed by atoms with Crippen LogP contribution in [0, 0.1) is 0 Å². The van der Waals surface area contributed by atoms with Crippen LogP contribution in [0.2, 0.25) is 0 Å². The Morgan fingerprint density at radius 3 is 2.65 bits per heavy atom. The number of aromatic nitrogens is 1. The van der Waals surface area contributed by atoms with Crippen LogP contribution in [0.3, 0.4) is 0 Å². The zero-order chi connectivity index (χ0) is 14.4. The molecule has 20 heavy (non-hydrogen) atoms. The molecule has 2 fully saturated rings. The summed E-state index contributed by atoms with van der Waals surface area (Å²) in [5.41, 5.74) is 0.386. The van der Waals surface area contributed by atoms with Crippen LogP contribution < -0.4 is 0 Å². The predicted molar refractivity (Wildman–Crippen MR) is 73.5 cm³/mol. The molecule has 0 aliphatic carbocycles. The van der Waals surface area contributed by atoms with Crippen LogP contribution in [-0.4, -0.2) is 47.4 Å². The molecule has 2 aliphatic heterocycles. The largest absolute Gasteiger partial charge is 0.444 e. The van der Waals surface area contributed by atoms with Gasteiger partial charge in [0.25, 0.3) is 0 Å². The lowest BCUT2D eigenvalue weighted by atomic mass is 9.74. The summed E-state index contributed by atoms with van der Waals surface area (Å²) < 4.78 is 10.9. The van der Waals surface area contributed by atoms with E-state index in [4.69, 9.17) is 9.47 Å². The number of rotatable bonds is 2. The average molecular weight is 276 g/mol. The monoisotopic (exact) mass is 276 g/mol. The zero-order valence-corrected chi connectivity index (χ0v) is 12.1. The van der Waals surface area contributed by atoms with E-state index in [0.717, 1.165) is 12.3 Å². The van der Waals surface area contributed by atoms with E-state index in [2.05, 4.69) is 4.98 Å². The Hall–Kier alpha value is -1.62. The molecule has 0 radical (unpaired) electrons. The first-order valence-corrected chi connectivity index (χ1v) is 6.92. The van der Waals surface area contributed by atoms with Crippen LogP contribution in [0.4, 0.5) is 4.79 Å². The van der Waals surface area contributed by atoms with Gasteiger partial charge in [0.1, 0.15) is 5.60 Å². The Balaban J connectivity index is 1.71. The Morgan fingerprint density at radius 2 is 2.15 bits per heavy atom. The molecule has 0 bridgehead atoms. The first-order chi connectivity index (χ1) is 9.41. The fourth-order valence-electron chi connectivity index (χ4n) is 2.65. The van der Waals surface area contributed by atoms with E-state index in [1.54, 1.807) is 11.1 Å². The molecule has 2 aliphatic rings. The summed E-state index contributed by atoms with van der Waals surface area (Å²) in [7, 11) is 0. The van der Waals surface area contributed by atoms with Gasteiger partial charge in [-0.1, -0.05) is 6.07 Å². The number of nitrogens with zero attached hydrogens (tertiary/aromatic N) is 2. The van der Waals surface area contributed by atoms with Gasteiger partial charge >= 0.3 is 6.09 Å². The molecule has 108 valence electrons. The van der Waals surface area contributed by atoms with E-state index in [1.165, 1.54) is 0 Å². The van der Waals surface area contributed by atoms with Gasteiger partial charge in [0.05, 0.1) is 23.8 Å². The minimum Gasteiger partial charge on any atom is -0.444 e. The molecule has 1 aromatic heterocycles. The van der Waals surface area contributed by atoms with E-state index in [0.29, 0.717) is 13.1 Å². The second kappa shape index (κ2) is 4.45. The van der Waals surface area contributed by atoms with Gasteiger partial charge < -0.3 is 14.4 Å². The van der Waals surface area contributed by atoms with Crippen LogP contribution in [0.15, 0.2) is 24.4 Å². The molecular formula is C15H20N2O3. The van der Waals surface area contributed by atoms with Crippen molar-refractivity contribution in [3.63, 3.8) is 0 Å². The molecule has 3 heterocycles. The van der Waals surface area contributed by atoms with Crippen LogP contribution in [0.25, 0.3) is 0 Å². The lowest BCUT2D eigenvalue weighted by Gasteiger charge is -2.48. The fraction of sp³-hybridized carbons (Fsp3) is 0.600. The van der Waals surface area contributed by atoms with Crippen molar-refractivity contribution < 1.29 is 14.3 Å². The van der Waals surface area contributed by atoms with Crippen molar-refractivity contribution >= 4 is 6.09 Å². The SMILES string of the molecule is CC(C)(C)OC(=O)N1CC(c2ccccn2)(C2CO2)C1. The molecule has 2 saturated heterocycles. The molecule has 5 nitrogen and oxygen atoms in total. The number of carbonyl (C=O) groups is 1. The van der Waals surface area contributed by atoms with E-state index < -0.39 is 5.60 Å². The lowest BCUT2D eigenvalue weighted by Crippen LogP contribution is -2.64. The third kappa shape index (κ3) is 2.38. The number of pyridine rings is 1. The quantitative estimate of drug-likeness (QED) is 0.775. The number of carbonyl (C=O) groups excluding carboxylic acids is 1. The van der Waals surface area contributed by atoms with Crippen molar-refractivity contribution in [2.45, 2.75) is 37.9 Å². The first-order valence-electron chi connectivity index (χ1n) is 6.92. The molecule has 0 spiro atoms. The number of hydrogen-bond acceptors (Lipinski definition) is 4. The summed E-state index contributed by atoms with van der Waals surface area (Å²) in [6.45, 7) is 7.61. The molecule has 1 atom stereocenters. The van der Waals surface area contributed by atoms with E-state index >= 15 is 0 Å². The van der Waals surface area contributed by atoms with E-state index in [9.17, 15) is 4.79 Å². The molecule has 5 heteroatoms. The van der Waals surface area contributed by atoms with Gasteiger partial charge in [0.2, 0.25) is 0 Å². The van der Waals surface area contributed by atoms with E-state index in [-0.39, 0.29) is 17.6 Å². The van der Waals surface area contributed by atoms with Gasteiger partial charge in [0.15, 0.2) is 0 Å². The van der Waals surface area contributed by atoms with Gasteiger partial charge in [-0.3, -0.25) is 4.98 Å². The van der Waals surface area contributed by atoms with Gasteiger partial charge in [-0.15, -0.1) is 0 Å². The molecule has 0 saturated carbocycles. The zero-order valence-electron chi connectivity index (χ0n) is 12.1. The lowest BCUT2D eigenvalue weighted by molar-refractivity contribution is -0.0167. The predicted octanol–water partition coefficient (Wildman–Crippen LogP) is 1.97. The molecule has 1 amide bonds. The van der Waals surface area contributed by atoms with Crippen molar-refractivity contribution in [3.8, 4) is 0 Å². The van der Waals surface area contributed by atoms with Gasteiger partial charge in [0, 0.05) is 19.3 Å². The summed E-state index contributed by atoms with van der Waals surface area (Å²) in [5.74, 6) is 0. The Bertz CT molecular complexity index is 500. The highest BCUT2D eigenvalue weighted by Gasteiger charge is 2.58. The number of amides is 1. The van der Waals surface area contributed by atoms with Crippen molar-refractivity contribution in [2.75, 3.05) is 19.7 Å². The summed E-state index contributed by atoms with van der Waals surface area (Å²) >= 11 is 0. The summed E-state index contributed by atoms with van der Waals surface area (Å²) in [6.07, 6.45) is 1.70. The first kappa shape index (κ1) is 13.4. The highest BCUT2D eigenvalue weighted by molar-refractivity contribution is 5.70. The average Bonchev–Trinajstić information content (AvgIpc) is 3.11. The van der Waals surface area contributed by atoms with Crippen molar-refractivity contribution in [3.05, 3.63) is 30.1 Å². The fourth-order valence-corrected chi connectivity index (χ4v) is 2.65. The number of ether oxygens (including phenoxy) is 2. The maximum Gasteiger partial charge on any atom is 0.410 e. The van der Waals surface area contributed by atoms with Crippen molar-refractivity contribution in [2.24, 2.45) is 0 Å². The molecular weight excluding hydrogens is 256 g/mol. The third-order valence-electron chi connectivity index (χ3n) is 3.72. The topological polar surface area (TPSA) is 55.0 Å². The summed E-state index contributed by atoms with van der Waals surface area (Å²) in [6, 6.07) is 5.88. The van der Waals surface area contributed by atoms with Gasteiger partial charge in [-0.25, -0.2) is 4.79 Å². The Kier molecular flexibility index (Phi) is 2.97. The Morgan fingerprint density at radius 1 is 1.45 bits per heavy atom. The highest BCUT2D eigenvalue weighted by Crippen LogP contribution is 2.43. The third-order valence-corrected chi connectivity index (χ3v) is 3.72. The van der Waals surface area contributed by atoms with Crippen LogP contribution in [0.5, 0.6) is 0 Å². The minimum absolute atomic E-state index is 0.155. The number of hydrogen-bond donors (Lipinski definition) is 0. The van der Waals surface area contributed by atoms with Gasteiger partial charge in [-0.05, 0) is 32.9 Å². The second-order valence-corrected chi connectivity index (χ2v) is 6.53. The summed E-state index contributed by atoms with van der Waals surface area (Å²) in [4.78, 5) is 18.2. The maximum atomic E-state index is 12.0. The normalized spacial score (nSPS) is 23.9. The van der Waals surface area contributed by atoms with Crippen molar-refractivity contribution in [1.82, 2.24) is 9.88 Å². The van der Waals surface area contributed by atoms with E-state index in [1.807, 2.05) is 39.0 Å². The van der Waals surface area contributed by atoms with Crippen LogP contribution >= 0.6 is 0 Å². The minimum atomic E-state index is -0.462. The molecule has 1 aromatic rings. The standard InChI is InChI=1S/C15H20N2O3/c1-14(2,3)20-13(18)17-9-15(10-17,12-8-19-12)11-6-4-5-7-16-11/h4-7,12H,8-10H2,1-3H3. The smallest absolute Gasteiger partial charge is 0.410 e. The maximum absolute atomic E-state index is 12.0. The molecule has 0 aromatic carbocycles. The second-order valence-electron chi connectivity index (χ2n) is 6.53. The molecule has 0 N–H and O–H groups in total.